The summed E-state index contributed by atoms with van der Waals surface area (Å²) in [5, 5.41) is 0.572. The van der Waals surface area contributed by atoms with Crippen molar-refractivity contribution >= 4 is 22.0 Å². The van der Waals surface area contributed by atoms with Crippen molar-refractivity contribution in [2.24, 2.45) is 4.40 Å². The molecular formula is C8H9N3O5S. The van der Waals surface area contributed by atoms with Crippen LogP contribution in [0.15, 0.2) is 20.9 Å². The predicted molar refractivity (Wildman–Crippen MR) is 55.8 cm³/mol. The first-order chi connectivity index (χ1) is 7.97. The van der Waals surface area contributed by atoms with Gasteiger partial charge in [0.1, 0.15) is 0 Å². The second-order valence-electron chi connectivity index (χ2n) is 2.87. The highest BCUT2D eigenvalue weighted by Gasteiger charge is 2.36. The van der Waals surface area contributed by atoms with E-state index in [1.54, 1.807) is 6.92 Å². The topological polar surface area (TPSA) is 105 Å². The summed E-state index contributed by atoms with van der Waals surface area (Å²) >= 11 is 0. The Hall–Kier alpha value is -2.08. The van der Waals surface area contributed by atoms with Gasteiger partial charge in [0.2, 0.25) is 5.03 Å². The maximum atomic E-state index is 11.6. The van der Waals surface area contributed by atoms with Crippen molar-refractivity contribution in [1.82, 2.24) is 10.4 Å². The quantitative estimate of drug-likeness (QED) is 0.393. The molecule has 1 aliphatic rings. The second-order valence-corrected chi connectivity index (χ2v) is 4.39. The molecule has 0 bridgehead atoms. The molecule has 0 aromatic heterocycles. The predicted octanol–water partition coefficient (Wildman–Crippen LogP) is -0.977. The van der Waals surface area contributed by atoms with Crippen LogP contribution in [0.25, 0.3) is 0 Å². The zero-order valence-electron chi connectivity index (χ0n) is 9.05. The molecule has 0 fully saturated rings. The summed E-state index contributed by atoms with van der Waals surface area (Å²) in [6, 6.07) is 0. The van der Waals surface area contributed by atoms with E-state index < -0.39 is 15.1 Å². The lowest BCUT2D eigenvalue weighted by atomic mass is 10.4. The Morgan fingerprint density at radius 1 is 1.47 bits per heavy atom. The van der Waals surface area contributed by atoms with Crippen LogP contribution in [0.3, 0.4) is 0 Å². The number of sulfonamides is 1. The number of carbonyl (C=O) groups excluding carboxylic acids is 2. The van der Waals surface area contributed by atoms with Crippen molar-refractivity contribution < 1.29 is 22.7 Å². The van der Waals surface area contributed by atoms with Crippen LogP contribution in [0.2, 0.25) is 0 Å². The van der Waals surface area contributed by atoms with Crippen LogP contribution < -0.4 is 5.43 Å². The van der Waals surface area contributed by atoms with Crippen LogP contribution in [-0.2, 0) is 24.3 Å². The lowest BCUT2D eigenvalue weighted by Gasteiger charge is -2.12. The van der Waals surface area contributed by atoms with Crippen LogP contribution in [-0.4, -0.2) is 39.1 Å². The Morgan fingerprint density at radius 3 is 2.59 bits per heavy atom. The second kappa shape index (κ2) is 4.84. The molecule has 9 heteroatoms. The van der Waals surface area contributed by atoms with E-state index in [-0.39, 0.29) is 18.1 Å². The SMILES string of the molecule is CCOC1=C(S(=O)(=O)N=C=O)N(C)NC1=C=O. The zero-order chi connectivity index (χ0) is 13.1. The van der Waals surface area contributed by atoms with Crippen LogP contribution in [0, 0.1) is 0 Å². The van der Waals surface area contributed by atoms with Crippen LogP contribution in [0.5, 0.6) is 0 Å². The number of hydrazine groups is 1. The Morgan fingerprint density at radius 2 is 2.12 bits per heavy atom. The minimum atomic E-state index is -4.25. The molecule has 0 aromatic rings. The van der Waals surface area contributed by atoms with Gasteiger partial charge in [-0.2, -0.15) is 8.42 Å². The van der Waals surface area contributed by atoms with Crippen LogP contribution >= 0.6 is 0 Å². The minimum absolute atomic E-state index is 0.139. The highest BCUT2D eigenvalue weighted by molar-refractivity contribution is 7.94. The molecule has 0 radical (unpaired) electrons. The first-order valence-electron chi connectivity index (χ1n) is 4.45. The molecule has 0 spiro atoms. The fraction of sp³-hybridized carbons (Fsp3) is 0.375. The lowest BCUT2D eigenvalue weighted by molar-refractivity contribution is 0.237. The molecular weight excluding hydrogens is 250 g/mol. The summed E-state index contributed by atoms with van der Waals surface area (Å²) in [4.78, 5) is 20.6. The van der Waals surface area contributed by atoms with E-state index >= 15 is 0 Å². The lowest BCUT2D eigenvalue weighted by Crippen LogP contribution is -2.29. The average Bonchev–Trinajstić information content (AvgIpc) is 2.56. The number of rotatable bonds is 4. The van der Waals surface area contributed by atoms with Crippen molar-refractivity contribution in [1.29, 1.82) is 0 Å². The summed E-state index contributed by atoms with van der Waals surface area (Å²) in [6.45, 7) is 1.75. The highest BCUT2D eigenvalue weighted by Crippen LogP contribution is 2.26. The Labute approximate surface area is 97.3 Å². The van der Waals surface area contributed by atoms with Crippen molar-refractivity contribution in [3.8, 4) is 0 Å². The van der Waals surface area contributed by atoms with Crippen molar-refractivity contribution in [3.05, 3.63) is 16.5 Å². The molecule has 0 unspecified atom stereocenters. The fourth-order valence-electron chi connectivity index (χ4n) is 1.26. The van der Waals surface area contributed by atoms with Gasteiger partial charge in [0.25, 0.3) is 6.08 Å². The van der Waals surface area contributed by atoms with E-state index in [0.717, 1.165) is 11.1 Å². The zero-order valence-corrected chi connectivity index (χ0v) is 9.87. The smallest absolute Gasteiger partial charge is 0.313 e. The van der Waals surface area contributed by atoms with Crippen LogP contribution in [0.1, 0.15) is 6.92 Å². The van der Waals surface area contributed by atoms with Gasteiger partial charge in [-0.15, -0.1) is 0 Å². The van der Waals surface area contributed by atoms with E-state index in [2.05, 4.69) is 9.82 Å². The summed E-state index contributed by atoms with van der Waals surface area (Å²) < 4.78 is 30.9. The Kier molecular flexibility index (Phi) is 3.69. The molecule has 1 aliphatic heterocycles. The molecule has 8 nitrogen and oxygen atoms in total. The standard InChI is InChI=1S/C8H9N3O5S/c1-3-16-7-6(4-12)10-11(2)8(7)17(14,15)9-5-13/h10H,3H2,1-2H3. The number of hydrogen-bond donors (Lipinski definition) is 1. The largest absolute Gasteiger partial charge is 0.488 e. The molecule has 0 aliphatic carbocycles. The molecule has 92 valence electrons. The van der Waals surface area contributed by atoms with E-state index in [0.29, 0.717) is 0 Å². The molecule has 0 atom stereocenters. The van der Waals surface area contributed by atoms with Crippen molar-refractivity contribution in [2.45, 2.75) is 6.92 Å². The Bertz CT molecular complexity index is 552. The Balaban J connectivity index is 3.47. The summed E-state index contributed by atoms with van der Waals surface area (Å²) in [5.74, 6) is 1.28. The molecule has 0 amide bonds. The van der Waals surface area contributed by atoms with Gasteiger partial charge in [0.15, 0.2) is 17.4 Å². The van der Waals surface area contributed by atoms with Gasteiger partial charge >= 0.3 is 10.0 Å². The summed E-state index contributed by atoms with van der Waals surface area (Å²) in [7, 11) is -2.92. The van der Waals surface area contributed by atoms with E-state index in [4.69, 9.17) is 4.74 Å². The molecule has 1 N–H and O–H groups in total. The normalized spacial score (nSPS) is 15.2. The van der Waals surface area contributed by atoms with Gasteiger partial charge in [-0.05, 0) is 6.92 Å². The molecule has 1 heterocycles. The number of isocyanates is 1. The third-order valence-corrected chi connectivity index (χ3v) is 3.06. The molecule has 0 saturated carbocycles. The van der Waals surface area contributed by atoms with Gasteiger partial charge in [0, 0.05) is 7.05 Å². The van der Waals surface area contributed by atoms with Crippen molar-refractivity contribution in [2.75, 3.05) is 13.7 Å². The van der Waals surface area contributed by atoms with Gasteiger partial charge in [-0.3, -0.25) is 10.4 Å². The van der Waals surface area contributed by atoms with Crippen molar-refractivity contribution in [3.63, 3.8) is 0 Å². The fourth-order valence-corrected chi connectivity index (χ4v) is 2.23. The van der Waals surface area contributed by atoms with Crippen LogP contribution in [0.4, 0.5) is 0 Å². The highest BCUT2D eigenvalue weighted by atomic mass is 32.2. The molecule has 0 aromatic carbocycles. The molecule has 1 rings (SSSR count). The summed E-state index contributed by atoms with van der Waals surface area (Å²) in [5.41, 5.74) is 2.24. The molecule has 17 heavy (non-hydrogen) atoms. The van der Waals surface area contributed by atoms with Gasteiger partial charge in [0.05, 0.1) is 6.61 Å². The first-order valence-corrected chi connectivity index (χ1v) is 5.89. The third-order valence-electron chi connectivity index (χ3n) is 1.80. The maximum absolute atomic E-state index is 11.6. The monoisotopic (exact) mass is 259 g/mol. The number of hydrogen-bond acceptors (Lipinski definition) is 7. The van der Waals surface area contributed by atoms with Gasteiger partial charge < -0.3 is 4.74 Å². The molecule has 0 saturated heterocycles. The van der Waals surface area contributed by atoms with Gasteiger partial charge in [-0.1, -0.05) is 4.40 Å². The number of ether oxygens (including phenoxy) is 1. The first kappa shape index (κ1) is 13.0. The average molecular weight is 259 g/mol. The van der Waals surface area contributed by atoms with E-state index in [9.17, 15) is 18.0 Å². The van der Waals surface area contributed by atoms with Gasteiger partial charge in [-0.25, -0.2) is 9.59 Å². The third kappa shape index (κ3) is 2.36. The maximum Gasteiger partial charge on any atom is 0.313 e. The van der Waals surface area contributed by atoms with E-state index in [1.165, 1.54) is 13.0 Å². The number of nitrogens with one attached hydrogen (secondary N) is 1. The minimum Gasteiger partial charge on any atom is -0.488 e. The number of nitrogens with zero attached hydrogens (tertiary/aromatic N) is 2. The summed E-state index contributed by atoms with van der Waals surface area (Å²) in [6.07, 6.45) is 0.936. The van der Waals surface area contributed by atoms with E-state index in [1.807, 2.05) is 0 Å².